The summed E-state index contributed by atoms with van der Waals surface area (Å²) in [5, 5.41) is 10.7. The van der Waals surface area contributed by atoms with E-state index < -0.39 is 4.92 Å². The molecule has 0 bridgehead atoms. The average molecular weight is 274 g/mol. The minimum absolute atomic E-state index is 0.0231. The number of halogens is 1. The van der Waals surface area contributed by atoms with Crippen molar-refractivity contribution in [3.05, 3.63) is 32.8 Å². The van der Waals surface area contributed by atoms with E-state index in [4.69, 9.17) is 9.47 Å². The van der Waals surface area contributed by atoms with Gasteiger partial charge in [-0.3, -0.25) is 10.1 Å². The van der Waals surface area contributed by atoms with Crippen LogP contribution in [0.3, 0.4) is 0 Å². The van der Waals surface area contributed by atoms with Crippen molar-refractivity contribution >= 4 is 21.6 Å². The predicted octanol–water partition coefficient (Wildman–Crippen LogP) is 2.13. The number of benzene rings is 1. The fraction of sp³-hybridized carbons (Fsp3) is 0.333. The van der Waals surface area contributed by atoms with Crippen LogP contribution in [0.5, 0.6) is 5.75 Å². The highest BCUT2D eigenvalue weighted by molar-refractivity contribution is 9.10. The van der Waals surface area contributed by atoms with Gasteiger partial charge in [-0.2, -0.15) is 0 Å². The van der Waals surface area contributed by atoms with Gasteiger partial charge in [0.05, 0.1) is 18.1 Å². The van der Waals surface area contributed by atoms with Gasteiger partial charge in [0.2, 0.25) is 0 Å². The Hall–Kier alpha value is -1.14. The third kappa shape index (κ3) is 2.27. The van der Waals surface area contributed by atoms with Gasteiger partial charge < -0.3 is 9.47 Å². The van der Waals surface area contributed by atoms with E-state index in [1.54, 1.807) is 12.1 Å². The van der Waals surface area contributed by atoms with Gasteiger partial charge in [0.15, 0.2) is 5.75 Å². The fourth-order valence-electron chi connectivity index (χ4n) is 1.19. The Labute approximate surface area is 94.3 Å². The maximum Gasteiger partial charge on any atom is 0.311 e. The van der Waals surface area contributed by atoms with Gasteiger partial charge in [0.25, 0.3) is 0 Å². The second-order valence-corrected chi connectivity index (χ2v) is 4.06. The van der Waals surface area contributed by atoms with Gasteiger partial charge in [-0.15, -0.1) is 0 Å². The van der Waals surface area contributed by atoms with Crippen LogP contribution in [-0.2, 0) is 4.74 Å². The van der Waals surface area contributed by atoms with Crippen molar-refractivity contribution in [2.24, 2.45) is 0 Å². The summed E-state index contributed by atoms with van der Waals surface area (Å²) in [5.41, 5.74) is -0.0231. The summed E-state index contributed by atoms with van der Waals surface area (Å²) < 4.78 is 11.1. The molecular formula is C9H8BrNO4. The van der Waals surface area contributed by atoms with E-state index in [9.17, 15) is 10.1 Å². The molecule has 1 fully saturated rings. The molecule has 0 aliphatic carbocycles. The number of hydrogen-bond donors (Lipinski definition) is 0. The van der Waals surface area contributed by atoms with Crippen molar-refractivity contribution in [1.82, 2.24) is 0 Å². The molecule has 1 aliphatic heterocycles. The molecule has 0 amide bonds. The molecule has 1 aromatic rings. The largest absolute Gasteiger partial charge is 0.479 e. The minimum atomic E-state index is -0.457. The number of ether oxygens (including phenoxy) is 2. The standard InChI is InChI=1S/C9H8BrNO4/c10-6-1-2-8(11(12)13)9(3-6)15-7-4-14-5-7/h1-3,7H,4-5H2. The Morgan fingerprint density at radius 2 is 2.27 bits per heavy atom. The Balaban J connectivity index is 2.24. The number of nitro benzene ring substituents is 1. The van der Waals surface area contributed by atoms with Crippen molar-refractivity contribution in [2.75, 3.05) is 13.2 Å². The Bertz CT molecular complexity index is 392. The van der Waals surface area contributed by atoms with E-state index in [1.807, 2.05) is 0 Å². The lowest BCUT2D eigenvalue weighted by atomic mass is 10.2. The molecule has 6 heteroatoms. The van der Waals surface area contributed by atoms with E-state index in [-0.39, 0.29) is 17.5 Å². The molecule has 2 rings (SSSR count). The summed E-state index contributed by atoms with van der Waals surface area (Å²) in [6.07, 6.45) is -0.0713. The van der Waals surface area contributed by atoms with Crippen LogP contribution in [0.25, 0.3) is 0 Å². The molecule has 15 heavy (non-hydrogen) atoms. The first kappa shape index (κ1) is 10.4. The topological polar surface area (TPSA) is 61.6 Å². The lowest BCUT2D eigenvalue weighted by Gasteiger charge is -2.26. The second kappa shape index (κ2) is 4.16. The molecule has 0 unspecified atom stereocenters. The SMILES string of the molecule is O=[N+]([O-])c1ccc(Br)cc1OC1COC1. The van der Waals surface area contributed by atoms with Crippen LogP contribution in [0.15, 0.2) is 22.7 Å². The van der Waals surface area contributed by atoms with Gasteiger partial charge in [-0.1, -0.05) is 15.9 Å². The maximum absolute atomic E-state index is 10.7. The van der Waals surface area contributed by atoms with Gasteiger partial charge in [-0.05, 0) is 6.07 Å². The van der Waals surface area contributed by atoms with Crippen LogP contribution in [0.2, 0.25) is 0 Å². The van der Waals surface area contributed by atoms with Crippen LogP contribution in [-0.4, -0.2) is 24.2 Å². The van der Waals surface area contributed by atoms with Crippen LogP contribution < -0.4 is 4.74 Å². The third-order valence-corrected chi connectivity index (χ3v) is 2.51. The Morgan fingerprint density at radius 3 is 2.80 bits per heavy atom. The zero-order valence-corrected chi connectivity index (χ0v) is 9.27. The van der Waals surface area contributed by atoms with Crippen LogP contribution in [0.1, 0.15) is 0 Å². The highest BCUT2D eigenvalue weighted by Gasteiger charge is 2.24. The summed E-state index contributed by atoms with van der Waals surface area (Å²) in [7, 11) is 0. The minimum Gasteiger partial charge on any atom is -0.479 e. The molecule has 0 aromatic heterocycles. The molecule has 80 valence electrons. The van der Waals surface area contributed by atoms with Gasteiger partial charge in [0, 0.05) is 16.6 Å². The maximum atomic E-state index is 10.7. The van der Waals surface area contributed by atoms with Crippen LogP contribution >= 0.6 is 15.9 Å². The van der Waals surface area contributed by atoms with Gasteiger partial charge >= 0.3 is 5.69 Å². The number of nitrogens with zero attached hydrogens (tertiary/aromatic N) is 1. The average Bonchev–Trinajstić information content (AvgIpc) is 2.11. The summed E-state index contributed by atoms with van der Waals surface area (Å²) in [6, 6.07) is 4.62. The first-order valence-electron chi connectivity index (χ1n) is 4.35. The van der Waals surface area contributed by atoms with Crippen LogP contribution in [0.4, 0.5) is 5.69 Å². The van der Waals surface area contributed by atoms with Crippen molar-refractivity contribution < 1.29 is 14.4 Å². The Kier molecular flexibility index (Phi) is 2.88. The van der Waals surface area contributed by atoms with Gasteiger partial charge in [-0.25, -0.2) is 0 Å². The van der Waals surface area contributed by atoms with E-state index in [0.29, 0.717) is 13.2 Å². The fourth-order valence-corrected chi connectivity index (χ4v) is 1.53. The van der Waals surface area contributed by atoms with Gasteiger partial charge in [0.1, 0.15) is 6.10 Å². The monoisotopic (exact) mass is 273 g/mol. The van der Waals surface area contributed by atoms with Crippen molar-refractivity contribution in [3.63, 3.8) is 0 Å². The molecule has 0 saturated carbocycles. The van der Waals surface area contributed by atoms with Crippen molar-refractivity contribution in [1.29, 1.82) is 0 Å². The zero-order chi connectivity index (χ0) is 10.8. The van der Waals surface area contributed by atoms with E-state index in [0.717, 1.165) is 4.47 Å². The van der Waals surface area contributed by atoms with Crippen LogP contribution in [0, 0.1) is 10.1 Å². The molecule has 1 heterocycles. The molecule has 5 nitrogen and oxygen atoms in total. The van der Waals surface area contributed by atoms with Crippen molar-refractivity contribution in [3.8, 4) is 5.75 Å². The lowest BCUT2D eigenvalue weighted by molar-refractivity contribution is -0.386. The number of rotatable bonds is 3. The summed E-state index contributed by atoms with van der Waals surface area (Å²) in [4.78, 5) is 10.2. The van der Waals surface area contributed by atoms with E-state index in [2.05, 4.69) is 15.9 Å². The van der Waals surface area contributed by atoms with Crippen molar-refractivity contribution in [2.45, 2.75) is 6.10 Å². The molecule has 0 radical (unpaired) electrons. The second-order valence-electron chi connectivity index (χ2n) is 3.15. The molecule has 0 spiro atoms. The molecule has 0 atom stereocenters. The molecular weight excluding hydrogens is 266 g/mol. The quantitative estimate of drug-likeness (QED) is 0.625. The highest BCUT2D eigenvalue weighted by atomic mass is 79.9. The first-order valence-corrected chi connectivity index (χ1v) is 5.14. The summed E-state index contributed by atoms with van der Waals surface area (Å²) in [5.74, 6) is 0.280. The lowest BCUT2D eigenvalue weighted by Crippen LogP contribution is -2.38. The summed E-state index contributed by atoms with van der Waals surface area (Å²) in [6.45, 7) is 0.979. The molecule has 0 N–H and O–H groups in total. The zero-order valence-electron chi connectivity index (χ0n) is 7.68. The smallest absolute Gasteiger partial charge is 0.311 e. The third-order valence-electron chi connectivity index (χ3n) is 2.02. The molecule has 1 saturated heterocycles. The van der Waals surface area contributed by atoms with E-state index >= 15 is 0 Å². The predicted molar refractivity (Wildman–Crippen MR) is 56.0 cm³/mol. The highest BCUT2D eigenvalue weighted by Crippen LogP contribution is 2.31. The van der Waals surface area contributed by atoms with E-state index in [1.165, 1.54) is 6.07 Å². The normalized spacial score (nSPS) is 15.8. The molecule has 1 aromatic carbocycles. The number of nitro groups is 1. The Morgan fingerprint density at radius 1 is 1.53 bits per heavy atom. The number of hydrogen-bond acceptors (Lipinski definition) is 4. The first-order chi connectivity index (χ1) is 7.16. The molecule has 1 aliphatic rings. The summed E-state index contributed by atoms with van der Waals surface area (Å²) >= 11 is 3.24.